The van der Waals surface area contributed by atoms with E-state index in [9.17, 15) is 14.7 Å². The number of fused-ring (bicyclic) bond motifs is 1. The van der Waals surface area contributed by atoms with Crippen LogP contribution in [0.25, 0.3) is 10.3 Å². The molecule has 23 heavy (non-hydrogen) atoms. The van der Waals surface area contributed by atoms with Gasteiger partial charge in [-0.25, -0.2) is 4.98 Å². The van der Waals surface area contributed by atoms with Crippen molar-refractivity contribution in [2.24, 2.45) is 0 Å². The van der Waals surface area contributed by atoms with Crippen molar-refractivity contribution in [1.82, 2.24) is 9.97 Å². The Kier molecular flexibility index (Phi) is 4.35. The number of carbonyl (C=O) groups excluding carboxylic acids is 1. The summed E-state index contributed by atoms with van der Waals surface area (Å²) in [6.45, 7) is 0. The fourth-order valence-electron chi connectivity index (χ4n) is 1.95. The number of hydrogen-bond donors (Lipinski definition) is 2. The average Bonchev–Trinajstić information content (AvgIpc) is 2.96. The molecule has 0 atom stereocenters. The van der Waals surface area contributed by atoms with Gasteiger partial charge in [-0.2, -0.15) is 0 Å². The molecule has 0 aliphatic carbocycles. The monoisotopic (exact) mass is 348 g/mol. The summed E-state index contributed by atoms with van der Waals surface area (Å²) in [5.74, 6) is 0.779. The van der Waals surface area contributed by atoms with Crippen LogP contribution in [0.15, 0.2) is 39.5 Å². The lowest BCUT2D eigenvalue weighted by atomic mass is 10.1. The number of Topliss-reactive ketones (excluding diaryl/α,β-unsaturated/α-hetero) is 1. The minimum atomic E-state index is -0.411. The Balaban J connectivity index is 1.73. The Morgan fingerprint density at radius 2 is 2.13 bits per heavy atom. The Bertz CT molecular complexity index is 915. The van der Waals surface area contributed by atoms with Crippen molar-refractivity contribution in [3.05, 3.63) is 46.2 Å². The number of methoxy groups -OCH3 is 1. The molecule has 0 amide bonds. The molecular weight excluding hydrogens is 336 g/mol. The van der Waals surface area contributed by atoms with Gasteiger partial charge in [-0.1, -0.05) is 11.8 Å². The van der Waals surface area contributed by atoms with E-state index in [0.717, 1.165) is 6.07 Å². The van der Waals surface area contributed by atoms with Crippen molar-refractivity contribution in [3.8, 4) is 11.5 Å². The van der Waals surface area contributed by atoms with Gasteiger partial charge in [-0.3, -0.25) is 9.59 Å². The molecule has 0 radical (unpaired) electrons. The number of hydrogen-bond acceptors (Lipinski definition) is 7. The van der Waals surface area contributed by atoms with E-state index < -0.39 is 5.56 Å². The fraction of sp³-hybridized carbons (Fsp3) is 0.133. The second-order valence-electron chi connectivity index (χ2n) is 4.62. The molecule has 0 spiro atoms. The number of aromatic nitrogens is 2. The maximum atomic E-state index is 12.2. The number of nitrogens with one attached hydrogen (secondary N) is 1. The number of aromatic amines is 1. The van der Waals surface area contributed by atoms with Gasteiger partial charge in [0.25, 0.3) is 5.56 Å². The molecule has 6 nitrogen and oxygen atoms in total. The highest BCUT2D eigenvalue weighted by Gasteiger charge is 2.12. The largest absolute Gasteiger partial charge is 0.506 e. The molecule has 0 aliphatic heterocycles. The molecule has 8 heteroatoms. The van der Waals surface area contributed by atoms with E-state index in [0.29, 0.717) is 26.0 Å². The summed E-state index contributed by atoms with van der Waals surface area (Å²) < 4.78 is 6.17. The molecule has 2 aromatic heterocycles. The second-order valence-corrected chi connectivity index (χ2v) is 6.84. The van der Waals surface area contributed by atoms with Crippen LogP contribution in [-0.2, 0) is 0 Å². The number of benzene rings is 1. The summed E-state index contributed by atoms with van der Waals surface area (Å²) in [5, 5.41) is 9.73. The third kappa shape index (κ3) is 3.38. The first-order valence-corrected chi connectivity index (χ1v) is 8.40. The summed E-state index contributed by atoms with van der Waals surface area (Å²) in [5.41, 5.74) is 0.515. The normalized spacial score (nSPS) is 10.8. The summed E-state index contributed by atoms with van der Waals surface area (Å²) in [4.78, 5) is 30.2. The number of ether oxygens (including phenoxy) is 1. The highest BCUT2D eigenvalue weighted by atomic mass is 32.2. The van der Waals surface area contributed by atoms with Crippen molar-refractivity contribution in [2.75, 3.05) is 12.9 Å². The van der Waals surface area contributed by atoms with Crippen LogP contribution < -0.4 is 10.3 Å². The number of thiazole rings is 1. The summed E-state index contributed by atoms with van der Waals surface area (Å²) in [6.07, 6.45) is 0. The van der Waals surface area contributed by atoms with E-state index in [4.69, 9.17) is 4.74 Å². The summed E-state index contributed by atoms with van der Waals surface area (Å²) >= 11 is 2.50. The van der Waals surface area contributed by atoms with Crippen LogP contribution in [0.2, 0.25) is 0 Å². The van der Waals surface area contributed by atoms with E-state index in [1.165, 1.54) is 23.1 Å². The van der Waals surface area contributed by atoms with E-state index in [1.807, 2.05) is 0 Å². The highest BCUT2D eigenvalue weighted by Crippen LogP contribution is 2.33. The molecule has 0 fully saturated rings. The average molecular weight is 348 g/mol. The molecular formula is C15H12N2O4S2. The van der Waals surface area contributed by atoms with Gasteiger partial charge >= 0.3 is 0 Å². The number of thioether (sulfide) groups is 1. The number of nitrogens with zero attached hydrogens (tertiary/aromatic N) is 1. The molecule has 1 aromatic carbocycles. The maximum absolute atomic E-state index is 12.2. The number of pyridine rings is 1. The Morgan fingerprint density at radius 3 is 2.83 bits per heavy atom. The van der Waals surface area contributed by atoms with Gasteiger partial charge in [0.1, 0.15) is 16.2 Å². The minimum absolute atomic E-state index is 0.0328. The van der Waals surface area contributed by atoms with Gasteiger partial charge in [-0.15, -0.1) is 11.3 Å². The van der Waals surface area contributed by atoms with E-state index in [2.05, 4.69) is 9.97 Å². The molecule has 0 aliphatic rings. The van der Waals surface area contributed by atoms with Crippen LogP contribution in [0.5, 0.6) is 11.5 Å². The van der Waals surface area contributed by atoms with Crippen molar-refractivity contribution < 1.29 is 14.6 Å². The van der Waals surface area contributed by atoms with Crippen LogP contribution in [-0.4, -0.2) is 33.7 Å². The second kappa shape index (κ2) is 6.43. The number of rotatable bonds is 5. The number of H-pyrrole nitrogens is 1. The molecule has 3 rings (SSSR count). The molecule has 0 saturated carbocycles. The van der Waals surface area contributed by atoms with Crippen LogP contribution in [0.3, 0.4) is 0 Å². The molecule has 0 unspecified atom stereocenters. The lowest BCUT2D eigenvalue weighted by molar-refractivity contribution is 0.102. The van der Waals surface area contributed by atoms with Crippen LogP contribution >= 0.6 is 23.1 Å². The standard InChI is InChI=1S/C15H12N2O4S2/c1-21-9-4-2-8(3-5-9)11(19)7-22-15-17-14-13(23-15)10(18)6-12(20)16-14/h2-6H,7H2,1H3,(H2,16,18,20). The molecule has 2 N–H and O–H groups in total. The quantitative estimate of drug-likeness (QED) is 0.544. The van der Waals surface area contributed by atoms with Crippen molar-refractivity contribution in [2.45, 2.75) is 4.34 Å². The predicted octanol–water partition coefficient (Wildman–Crippen LogP) is 2.67. The summed E-state index contributed by atoms with van der Waals surface area (Å²) in [7, 11) is 1.57. The molecule has 3 aromatic rings. The Hall–Kier alpha value is -2.32. The van der Waals surface area contributed by atoms with Gasteiger partial charge < -0.3 is 14.8 Å². The topological polar surface area (TPSA) is 92.3 Å². The fourth-order valence-corrected chi connectivity index (χ4v) is 3.86. The van der Waals surface area contributed by atoms with E-state index in [-0.39, 0.29) is 17.3 Å². The lowest BCUT2D eigenvalue weighted by Gasteiger charge is -2.02. The van der Waals surface area contributed by atoms with Gasteiger partial charge in [0, 0.05) is 11.6 Å². The molecule has 118 valence electrons. The number of ketones is 1. The lowest BCUT2D eigenvalue weighted by Crippen LogP contribution is -2.02. The SMILES string of the molecule is COc1ccc(C(=O)CSc2nc3[nH]c(=O)cc(O)c3s2)cc1. The van der Waals surface area contributed by atoms with Gasteiger partial charge in [0.2, 0.25) is 0 Å². The smallest absolute Gasteiger partial charge is 0.253 e. The highest BCUT2D eigenvalue weighted by molar-refractivity contribution is 8.01. The van der Waals surface area contributed by atoms with E-state index in [1.54, 1.807) is 31.4 Å². The number of aromatic hydroxyl groups is 1. The third-order valence-corrected chi connectivity index (χ3v) is 5.31. The van der Waals surface area contributed by atoms with Crippen molar-refractivity contribution in [3.63, 3.8) is 0 Å². The Morgan fingerprint density at radius 1 is 1.39 bits per heavy atom. The van der Waals surface area contributed by atoms with E-state index >= 15 is 0 Å². The minimum Gasteiger partial charge on any atom is -0.506 e. The zero-order valence-electron chi connectivity index (χ0n) is 12.0. The summed E-state index contributed by atoms with van der Waals surface area (Å²) in [6, 6.07) is 8.00. The predicted molar refractivity (Wildman–Crippen MR) is 90.0 cm³/mol. The Labute approximate surface area is 139 Å². The maximum Gasteiger partial charge on any atom is 0.253 e. The van der Waals surface area contributed by atoms with Crippen LogP contribution in [0, 0.1) is 0 Å². The molecule has 0 bridgehead atoms. The van der Waals surface area contributed by atoms with Crippen LogP contribution in [0.4, 0.5) is 0 Å². The first-order valence-electron chi connectivity index (χ1n) is 6.59. The van der Waals surface area contributed by atoms with Gasteiger partial charge in [0.05, 0.1) is 12.9 Å². The zero-order chi connectivity index (χ0) is 16.4. The third-order valence-electron chi connectivity index (χ3n) is 3.09. The number of carbonyl (C=O) groups is 1. The molecule has 0 saturated heterocycles. The first kappa shape index (κ1) is 15.6. The van der Waals surface area contributed by atoms with Crippen LogP contribution in [0.1, 0.15) is 10.4 Å². The van der Waals surface area contributed by atoms with Crippen molar-refractivity contribution in [1.29, 1.82) is 0 Å². The van der Waals surface area contributed by atoms with Gasteiger partial charge in [0.15, 0.2) is 15.8 Å². The van der Waals surface area contributed by atoms with Gasteiger partial charge in [-0.05, 0) is 24.3 Å². The zero-order valence-corrected chi connectivity index (χ0v) is 13.7. The first-order chi connectivity index (χ1) is 11.1. The van der Waals surface area contributed by atoms with Crippen molar-refractivity contribution >= 4 is 39.2 Å². The molecule has 2 heterocycles.